The largest absolute Gasteiger partial charge is 0.346 e. The Morgan fingerprint density at radius 1 is 1.44 bits per heavy atom. The average molecular weight is 344 g/mol. The van der Waals surface area contributed by atoms with Crippen LogP contribution in [-0.2, 0) is 12.8 Å². The molecule has 0 saturated carbocycles. The first-order valence-electron chi connectivity index (χ1n) is 5.78. The Kier molecular flexibility index (Phi) is 4.64. The van der Waals surface area contributed by atoms with Crippen LogP contribution in [0.1, 0.15) is 35.6 Å². The third kappa shape index (κ3) is 3.24. The lowest BCUT2D eigenvalue weighted by Crippen LogP contribution is -2.03. The molecule has 2 heterocycles. The number of nitrogens with zero attached hydrogens (tertiary/aromatic N) is 2. The van der Waals surface area contributed by atoms with Crippen LogP contribution in [0.5, 0.6) is 0 Å². The molecule has 18 heavy (non-hydrogen) atoms. The van der Waals surface area contributed by atoms with Crippen molar-refractivity contribution in [1.29, 1.82) is 0 Å². The maximum atomic E-state index is 5.27. The number of aromatic nitrogens is 3. The van der Waals surface area contributed by atoms with Crippen LogP contribution < -0.4 is 0 Å². The molecule has 0 unspecified atom stereocenters. The van der Waals surface area contributed by atoms with Gasteiger partial charge >= 0.3 is 0 Å². The SMILES string of the molecule is CCCc1[nH]c(Cc2csc(C)n2)nc(=S)c1Br. The third-order valence-electron chi connectivity index (χ3n) is 2.50. The Morgan fingerprint density at radius 2 is 2.22 bits per heavy atom. The van der Waals surface area contributed by atoms with Crippen molar-refractivity contribution in [3.05, 3.63) is 36.7 Å². The number of H-pyrrole nitrogens is 1. The van der Waals surface area contributed by atoms with Crippen molar-refractivity contribution in [2.24, 2.45) is 0 Å². The summed E-state index contributed by atoms with van der Waals surface area (Å²) in [5.74, 6) is 0.886. The first-order chi connectivity index (χ1) is 8.60. The van der Waals surface area contributed by atoms with Crippen molar-refractivity contribution in [3.8, 4) is 0 Å². The van der Waals surface area contributed by atoms with Crippen molar-refractivity contribution >= 4 is 39.5 Å². The van der Waals surface area contributed by atoms with Crippen LogP contribution in [0.3, 0.4) is 0 Å². The molecule has 96 valence electrons. The van der Waals surface area contributed by atoms with Gasteiger partial charge in [-0.2, -0.15) is 0 Å². The minimum atomic E-state index is 0.624. The summed E-state index contributed by atoms with van der Waals surface area (Å²) in [6.45, 7) is 4.15. The average Bonchev–Trinajstić information content (AvgIpc) is 2.71. The molecular formula is C12H14BrN3S2. The molecule has 2 rings (SSSR count). The van der Waals surface area contributed by atoms with E-state index in [1.54, 1.807) is 11.3 Å². The molecule has 0 aliphatic rings. The highest BCUT2D eigenvalue weighted by Crippen LogP contribution is 2.19. The molecule has 0 bridgehead atoms. The lowest BCUT2D eigenvalue weighted by Gasteiger charge is -2.06. The summed E-state index contributed by atoms with van der Waals surface area (Å²) in [6, 6.07) is 0. The van der Waals surface area contributed by atoms with Crippen LogP contribution in [0.15, 0.2) is 9.85 Å². The predicted molar refractivity (Wildman–Crippen MR) is 80.8 cm³/mol. The molecule has 0 aromatic carbocycles. The fraction of sp³-hybridized carbons (Fsp3) is 0.417. The Morgan fingerprint density at radius 3 is 2.83 bits per heavy atom. The molecule has 1 N–H and O–H groups in total. The van der Waals surface area contributed by atoms with Gasteiger partial charge in [-0.1, -0.05) is 25.6 Å². The van der Waals surface area contributed by atoms with Crippen molar-refractivity contribution in [3.63, 3.8) is 0 Å². The minimum Gasteiger partial charge on any atom is -0.346 e. The van der Waals surface area contributed by atoms with E-state index in [4.69, 9.17) is 12.2 Å². The van der Waals surface area contributed by atoms with Crippen molar-refractivity contribution in [2.45, 2.75) is 33.1 Å². The summed E-state index contributed by atoms with van der Waals surface area (Å²) >= 11 is 10.4. The van der Waals surface area contributed by atoms with Gasteiger partial charge in [0.2, 0.25) is 0 Å². The van der Waals surface area contributed by atoms with Crippen LogP contribution in [0.4, 0.5) is 0 Å². The van der Waals surface area contributed by atoms with E-state index in [9.17, 15) is 0 Å². The Balaban J connectivity index is 2.31. The van der Waals surface area contributed by atoms with Gasteiger partial charge in [-0.05, 0) is 29.3 Å². The molecule has 0 atom stereocenters. The lowest BCUT2D eigenvalue weighted by atomic mass is 10.2. The molecular weight excluding hydrogens is 330 g/mol. The summed E-state index contributed by atoms with van der Waals surface area (Å²) in [5.41, 5.74) is 2.17. The zero-order chi connectivity index (χ0) is 13.1. The van der Waals surface area contributed by atoms with Crippen LogP contribution in [0, 0.1) is 11.6 Å². The van der Waals surface area contributed by atoms with E-state index in [0.29, 0.717) is 11.1 Å². The highest BCUT2D eigenvalue weighted by molar-refractivity contribution is 9.10. The van der Waals surface area contributed by atoms with E-state index in [1.807, 2.05) is 6.92 Å². The molecule has 0 amide bonds. The molecule has 0 aliphatic carbocycles. The summed E-state index contributed by atoms with van der Waals surface area (Å²) in [6.07, 6.45) is 2.75. The summed E-state index contributed by atoms with van der Waals surface area (Å²) in [7, 11) is 0. The monoisotopic (exact) mass is 343 g/mol. The second-order valence-electron chi connectivity index (χ2n) is 4.07. The molecule has 0 fully saturated rings. The van der Waals surface area contributed by atoms with Gasteiger partial charge in [0.1, 0.15) is 10.5 Å². The molecule has 3 nitrogen and oxygen atoms in total. The number of thiazole rings is 1. The third-order valence-corrected chi connectivity index (χ3v) is 4.73. The van der Waals surface area contributed by atoms with Gasteiger partial charge in [0, 0.05) is 17.5 Å². The highest BCUT2D eigenvalue weighted by atomic mass is 79.9. The Bertz CT molecular complexity index is 604. The summed E-state index contributed by atoms with van der Waals surface area (Å²) < 4.78 is 1.54. The second kappa shape index (κ2) is 6.04. The molecule has 0 radical (unpaired) electrons. The number of rotatable bonds is 4. The molecule has 2 aromatic rings. The maximum Gasteiger partial charge on any atom is 0.144 e. The normalized spacial score (nSPS) is 10.8. The standard InChI is InChI=1S/C12H14BrN3S2/c1-3-4-9-11(13)12(17)16-10(15-9)5-8-6-18-7(2)14-8/h6H,3-5H2,1-2H3,(H,15,16,17). The zero-order valence-corrected chi connectivity index (χ0v) is 13.5. The number of aryl methyl sites for hydroxylation is 2. The fourth-order valence-corrected chi connectivity index (χ4v) is 2.96. The van der Waals surface area contributed by atoms with Crippen LogP contribution >= 0.6 is 39.5 Å². The molecule has 0 saturated heterocycles. The van der Waals surface area contributed by atoms with Gasteiger partial charge in [0.05, 0.1) is 15.2 Å². The number of hydrogen-bond acceptors (Lipinski definition) is 4. The molecule has 6 heteroatoms. The van der Waals surface area contributed by atoms with Gasteiger partial charge < -0.3 is 4.98 Å². The van der Waals surface area contributed by atoms with E-state index in [2.05, 4.69) is 43.2 Å². The quantitative estimate of drug-likeness (QED) is 0.845. The van der Waals surface area contributed by atoms with Gasteiger partial charge in [-0.3, -0.25) is 0 Å². The Labute approximate surface area is 124 Å². The maximum absolute atomic E-state index is 5.27. The fourth-order valence-electron chi connectivity index (χ4n) is 1.72. The lowest BCUT2D eigenvalue weighted by molar-refractivity contribution is 0.825. The number of aromatic amines is 1. The van der Waals surface area contributed by atoms with Gasteiger partial charge in [-0.25, -0.2) is 9.97 Å². The van der Waals surface area contributed by atoms with Crippen LogP contribution in [-0.4, -0.2) is 15.0 Å². The van der Waals surface area contributed by atoms with Gasteiger partial charge in [-0.15, -0.1) is 11.3 Å². The summed E-state index contributed by atoms with van der Waals surface area (Å²) in [4.78, 5) is 12.2. The van der Waals surface area contributed by atoms with Crippen molar-refractivity contribution in [1.82, 2.24) is 15.0 Å². The Hall–Kier alpha value is -0.590. The smallest absolute Gasteiger partial charge is 0.144 e. The molecule has 0 aliphatic heterocycles. The highest BCUT2D eigenvalue weighted by Gasteiger charge is 2.07. The van der Waals surface area contributed by atoms with E-state index in [-0.39, 0.29) is 0 Å². The second-order valence-corrected chi connectivity index (χ2v) is 6.31. The molecule has 2 aromatic heterocycles. The van der Waals surface area contributed by atoms with Gasteiger partial charge in [0.25, 0.3) is 0 Å². The predicted octanol–water partition coefficient (Wildman–Crippen LogP) is 4.21. The molecule has 0 spiro atoms. The van der Waals surface area contributed by atoms with E-state index < -0.39 is 0 Å². The number of hydrogen-bond donors (Lipinski definition) is 1. The van der Waals surface area contributed by atoms with E-state index in [1.165, 1.54) is 0 Å². The number of halogens is 1. The topological polar surface area (TPSA) is 41.6 Å². The summed E-state index contributed by atoms with van der Waals surface area (Å²) in [5, 5.41) is 3.14. The first kappa shape index (κ1) is 13.8. The number of nitrogens with one attached hydrogen (secondary N) is 1. The van der Waals surface area contributed by atoms with E-state index in [0.717, 1.165) is 39.5 Å². The van der Waals surface area contributed by atoms with Crippen LogP contribution in [0.2, 0.25) is 0 Å². The van der Waals surface area contributed by atoms with Gasteiger partial charge in [0.15, 0.2) is 0 Å². The van der Waals surface area contributed by atoms with E-state index >= 15 is 0 Å². The van der Waals surface area contributed by atoms with Crippen molar-refractivity contribution in [2.75, 3.05) is 0 Å². The first-order valence-corrected chi connectivity index (χ1v) is 7.86. The van der Waals surface area contributed by atoms with Crippen molar-refractivity contribution < 1.29 is 0 Å². The minimum absolute atomic E-state index is 0.624. The van der Waals surface area contributed by atoms with Crippen LogP contribution in [0.25, 0.3) is 0 Å². The zero-order valence-electron chi connectivity index (χ0n) is 10.3.